The SMILES string of the molecule is O=C(CCc1ccccc1)N1CCC2(CC1)CC(OCC1CC1)CCO2. The van der Waals surface area contributed by atoms with E-state index in [1.54, 1.807) is 0 Å². The fourth-order valence-corrected chi connectivity index (χ4v) is 4.25. The third-order valence-electron chi connectivity index (χ3n) is 6.21. The molecular formula is C22H31NO3. The zero-order valence-electron chi connectivity index (χ0n) is 15.7. The monoisotopic (exact) mass is 357 g/mol. The number of hydrogen-bond acceptors (Lipinski definition) is 3. The van der Waals surface area contributed by atoms with Gasteiger partial charge in [0.25, 0.3) is 0 Å². The van der Waals surface area contributed by atoms with Crippen LogP contribution in [-0.4, -0.2) is 48.8 Å². The summed E-state index contributed by atoms with van der Waals surface area (Å²) in [7, 11) is 0. The van der Waals surface area contributed by atoms with Gasteiger partial charge in [-0.1, -0.05) is 30.3 Å². The molecule has 3 aliphatic rings. The first kappa shape index (κ1) is 18.0. The standard InChI is InChI=1S/C22H31NO3/c24-21(9-8-18-4-2-1-3-5-18)23-13-11-22(12-14-23)16-20(10-15-26-22)25-17-19-6-7-19/h1-5,19-20H,6-17H2. The molecule has 2 aliphatic heterocycles. The van der Waals surface area contributed by atoms with Crippen LogP contribution < -0.4 is 0 Å². The lowest BCUT2D eigenvalue weighted by atomic mass is 9.83. The van der Waals surface area contributed by atoms with Crippen molar-refractivity contribution in [3.8, 4) is 0 Å². The fourth-order valence-electron chi connectivity index (χ4n) is 4.25. The lowest BCUT2D eigenvalue weighted by Gasteiger charge is -2.46. The van der Waals surface area contributed by atoms with Crippen LogP contribution in [0.3, 0.4) is 0 Å². The second kappa shape index (κ2) is 8.10. The van der Waals surface area contributed by atoms with Gasteiger partial charge in [-0.05, 0) is 50.0 Å². The van der Waals surface area contributed by atoms with Crippen molar-refractivity contribution in [1.29, 1.82) is 0 Å². The Labute approximate surface area is 156 Å². The van der Waals surface area contributed by atoms with E-state index in [4.69, 9.17) is 9.47 Å². The Bertz CT molecular complexity index is 591. The summed E-state index contributed by atoms with van der Waals surface area (Å²) < 4.78 is 12.3. The quantitative estimate of drug-likeness (QED) is 0.781. The van der Waals surface area contributed by atoms with E-state index in [0.29, 0.717) is 12.5 Å². The van der Waals surface area contributed by atoms with Gasteiger partial charge in [0.15, 0.2) is 0 Å². The number of likely N-dealkylation sites (tertiary alicyclic amines) is 1. The van der Waals surface area contributed by atoms with Crippen molar-refractivity contribution < 1.29 is 14.3 Å². The third kappa shape index (κ3) is 4.66. The van der Waals surface area contributed by atoms with Gasteiger partial charge < -0.3 is 14.4 Å². The first-order valence-electron chi connectivity index (χ1n) is 10.3. The van der Waals surface area contributed by atoms with Crippen LogP contribution in [0.2, 0.25) is 0 Å². The lowest BCUT2D eigenvalue weighted by molar-refractivity contribution is -0.162. The maximum atomic E-state index is 12.6. The maximum Gasteiger partial charge on any atom is 0.222 e. The van der Waals surface area contributed by atoms with E-state index in [1.165, 1.54) is 18.4 Å². The van der Waals surface area contributed by atoms with Crippen LogP contribution in [0.4, 0.5) is 0 Å². The van der Waals surface area contributed by atoms with E-state index in [-0.39, 0.29) is 11.5 Å². The van der Waals surface area contributed by atoms with Crippen molar-refractivity contribution in [3.63, 3.8) is 0 Å². The van der Waals surface area contributed by atoms with Crippen LogP contribution >= 0.6 is 0 Å². The van der Waals surface area contributed by atoms with Gasteiger partial charge in [0.2, 0.25) is 5.91 Å². The van der Waals surface area contributed by atoms with E-state index in [1.807, 2.05) is 23.1 Å². The number of amides is 1. The number of carbonyl (C=O) groups is 1. The minimum absolute atomic E-state index is 0.0529. The summed E-state index contributed by atoms with van der Waals surface area (Å²) in [6.45, 7) is 3.38. The van der Waals surface area contributed by atoms with Crippen molar-refractivity contribution in [2.45, 2.75) is 63.1 Å². The number of carbonyl (C=O) groups excluding carboxylic acids is 1. The minimum Gasteiger partial charge on any atom is -0.378 e. The van der Waals surface area contributed by atoms with Gasteiger partial charge in [-0.3, -0.25) is 4.79 Å². The van der Waals surface area contributed by atoms with Crippen molar-refractivity contribution in [2.24, 2.45) is 5.92 Å². The third-order valence-corrected chi connectivity index (χ3v) is 6.21. The molecule has 0 radical (unpaired) electrons. The number of rotatable bonds is 6. The summed E-state index contributed by atoms with van der Waals surface area (Å²) in [6, 6.07) is 10.3. The molecule has 1 atom stereocenters. The Morgan fingerprint density at radius 1 is 1.15 bits per heavy atom. The number of aryl methyl sites for hydroxylation is 1. The van der Waals surface area contributed by atoms with Gasteiger partial charge in [-0.15, -0.1) is 0 Å². The molecule has 0 bridgehead atoms. The number of ether oxygens (including phenoxy) is 2. The second-order valence-electron chi connectivity index (χ2n) is 8.29. The summed E-state index contributed by atoms with van der Waals surface area (Å²) in [5.74, 6) is 1.10. The van der Waals surface area contributed by atoms with E-state index < -0.39 is 0 Å². The maximum absolute atomic E-state index is 12.6. The topological polar surface area (TPSA) is 38.8 Å². The van der Waals surface area contributed by atoms with Crippen LogP contribution in [-0.2, 0) is 20.7 Å². The van der Waals surface area contributed by atoms with Crippen molar-refractivity contribution in [3.05, 3.63) is 35.9 Å². The molecule has 2 saturated heterocycles. The highest BCUT2D eigenvalue weighted by atomic mass is 16.5. The van der Waals surface area contributed by atoms with E-state index in [2.05, 4.69) is 12.1 Å². The summed E-state index contributed by atoms with van der Waals surface area (Å²) in [5, 5.41) is 0. The van der Waals surface area contributed by atoms with Crippen LogP contribution in [0.25, 0.3) is 0 Å². The molecule has 1 aliphatic carbocycles. The highest BCUT2D eigenvalue weighted by molar-refractivity contribution is 5.76. The molecule has 142 valence electrons. The molecule has 0 N–H and O–H groups in total. The van der Waals surface area contributed by atoms with Crippen molar-refractivity contribution in [2.75, 3.05) is 26.3 Å². The Hall–Kier alpha value is -1.39. The van der Waals surface area contributed by atoms with Crippen LogP contribution in [0.5, 0.6) is 0 Å². The van der Waals surface area contributed by atoms with Gasteiger partial charge >= 0.3 is 0 Å². The summed E-state index contributed by atoms with van der Waals surface area (Å²) >= 11 is 0. The Balaban J connectivity index is 1.23. The molecule has 1 saturated carbocycles. The lowest BCUT2D eigenvalue weighted by Crippen LogP contribution is -2.52. The average molecular weight is 357 g/mol. The molecule has 2 heterocycles. The predicted octanol–water partition coefficient (Wildman–Crippen LogP) is 3.59. The zero-order valence-corrected chi connectivity index (χ0v) is 15.7. The molecule has 0 aromatic heterocycles. The first-order valence-corrected chi connectivity index (χ1v) is 10.3. The molecule has 26 heavy (non-hydrogen) atoms. The molecule has 1 aromatic rings. The smallest absolute Gasteiger partial charge is 0.222 e. The molecule has 3 fully saturated rings. The minimum atomic E-state index is -0.0529. The highest BCUT2D eigenvalue weighted by Gasteiger charge is 2.41. The second-order valence-corrected chi connectivity index (χ2v) is 8.29. The van der Waals surface area contributed by atoms with Crippen molar-refractivity contribution in [1.82, 2.24) is 4.90 Å². The summed E-state index contributed by atoms with van der Waals surface area (Å²) in [6.07, 6.45) is 8.40. The Kier molecular flexibility index (Phi) is 5.60. The number of benzene rings is 1. The largest absolute Gasteiger partial charge is 0.378 e. The highest BCUT2D eigenvalue weighted by Crippen LogP contribution is 2.37. The Morgan fingerprint density at radius 3 is 2.65 bits per heavy atom. The molecule has 1 amide bonds. The van der Waals surface area contributed by atoms with Gasteiger partial charge in [-0.25, -0.2) is 0 Å². The number of piperidine rings is 1. The van der Waals surface area contributed by atoms with Crippen LogP contribution in [0.1, 0.15) is 50.5 Å². The van der Waals surface area contributed by atoms with Gasteiger partial charge in [-0.2, -0.15) is 0 Å². The normalized spacial score (nSPS) is 25.4. The number of nitrogens with zero attached hydrogens (tertiary/aromatic N) is 1. The average Bonchev–Trinajstić information content (AvgIpc) is 3.51. The molecule has 1 aromatic carbocycles. The van der Waals surface area contributed by atoms with Crippen LogP contribution in [0.15, 0.2) is 30.3 Å². The van der Waals surface area contributed by atoms with Gasteiger partial charge in [0, 0.05) is 39.1 Å². The molecule has 1 unspecified atom stereocenters. The molecule has 4 nitrogen and oxygen atoms in total. The summed E-state index contributed by atoms with van der Waals surface area (Å²) in [4.78, 5) is 14.6. The zero-order chi connectivity index (χ0) is 17.8. The molecule has 4 heteroatoms. The Morgan fingerprint density at radius 2 is 1.92 bits per heavy atom. The van der Waals surface area contributed by atoms with E-state index >= 15 is 0 Å². The fraction of sp³-hybridized carbons (Fsp3) is 0.682. The molecular weight excluding hydrogens is 326 g/mol. The molecule has 1 spiro atoms. The van der Waals surface area contributed by atoms with Crippen LogP contribution in [0, 0.1) is 5.92 Å². The number of hydrogen-bond donors (Lipinski definition) is 0. The van der Waals surface area contributed by atoms with Gasteiger partial charge in [0.1, 0.15) is 0 Å². The van der Waals surface area contributed by atoms with E-state index in [0.717, 1.165) is 64.3 Å². The van der Waals surface area contributed by atoms with Gasteiger partial charge in [0.05, 0.1) is 11.7 Å². The predicted molar refractivity (Wildman–Crippen MR) is 101 cm³/mol. The molecule has 4 rings (SSSR count). The first-order chi connectivity index (χ1) is 12.7. The van der Waals surface area contributed by atoms with Crippen molar-refractivity contribution >= 4 is 5.91 Å². The summed E-state index contributed by atoms with van der Waals surface area (Å²) in [5.41, 5.74) is 1.18. The van der Waals surface area contributed by atoms with E-state index in [9.17, 15) is 4.79 Å².